The fourth-order valence-electron chi connectivity index (χ4n) is 1.88. The van der Waals surface area contributed by atoms with Crippen LogP contribution in [-0.4, -0.2) is 9.97 Å². The molecule has 100 valence electrons. The number of thioether (sulfide) groups is 1. The van der Waals surface area contributed by atoms with Crippen molar-refractivity contribution in [1.29, 1.82) is 0 Å². The zero-order chi connectivity index (χ0) is 13.7. The van der Waals surface area contributed by atoms with E-state index in [1.54, 1.807) is 17.8 Å². The van der Waals surface area contributed by atoms with Gasteiger partial charge in [-0.25, -0.2) is 4.98 Å². The molecule has 2 rings (SSSR count). The van der Waals surface area contributed by atoms with E-state index in [2.05, 4.69) is 35.9 Å². The number of aryl methyl sites for hydroxylation is 1. The van der Waals surface area contributed by atoms with Gasteiger partial charge in [-0.1, -0.05) is 55.4 Å². The molecule has 0 aliphatic rings. The predicted octanol–water partition coefficient (Wildman–Crippen LogP) is 3.58. The Morgan fingerprint density at radius 3 is 2.74 bits per heavy atom. The molecule has 4 heteroatoms. The highest BCUT2D eigenvalue weighted by atomic mass is 32.2. The summed E-state index contributed by atoms with van der Waals surface area (Å²) in [6, 6.07) is 11.8. The Morgan fingerprint density at radius 2 is 2.05 bits per heavy atom. The van der Waals surface area contributed by atoms with Crippen molar-refractivity contribution in [2.24, 2.45) is 0 Å². The van der Waals surface area contributed by atoms with Crippen LogP contribution in [0.15, 0.2) is 46.3 Å². The third kappa shape index (κ3) is 3.96. The van der Waals surface area contributed by atoms with Gasteiger partial charge in [0.25, 0.3) is 5.56 Å². The quantitative estimate of drug-likeness (QED) is 0.669. The van der Waals surface area contributed by atoms with Gasteiger partial charge >= 0.3 is 0 Å². The maximum atomic E-state index is 11.6. The second kappa shape index (κ2) is 6.57. The number of aromatic nitrogens is 2. The van der Waals surface area contributed by atoms with Crippen LogP contribution in [0.4, 0.5) is 0 Å². The zero-order valence-corrected chi connectivity index (χ0v) is 12.0. The predicted molar refractivity (Wildman–Crippen MR) is 79.6 cm³/mol. The maximum absolute atomic E-state index is 11.6. The Hall–Kier alpha value is -1.55. The molecule has 0 fully saturated rings. The standard InChI is InChI=1S/C15H18N2OS/c1-3-7-13-10-14(18)17-15(16-13)19-11(2)12-8-5-4-6-9-12/h4-6,8-11H,3,7H2,1-2H3,(H,16,17,18)/t11-/m1/s1. The van der Waals surface area contributed by atoms with Crippen molar-refractivity contribution in [2.45, 2.75) is 37.1 Å². The van der Waals surface area contributed by atoms with Gasteiger partial charge in [-0.15, -0.1) is 0 Å². The summed E-state index contributed by atoms with van der Waals surface area (Å²) in [5, 5.41) is 0.966. The fraction of sp³-hybridized carbons (Fsp3) is 0.333. The van der Waals surface area contributed by atoms with E-state index in [-0.39, 0.29) is 10.8 Å². The first kappa shape index (κ1) is 13.9. The molecular weight excluding hydrogens is 256 g/mol. The molecule has 0 spiro atoms. The van der Waals surface area contributed by atoms with E-state index in [9.17, 15) is 4.79 Å². The minimum Gasteiger partial charge on any atom is -0.301 e. The number of nitrogens with zero attached hydrogens (tertiary/aromatic N) is 1. The second-order valence-corrected chi connectivity index (χ2v) is 5.79. The van der Waals surface area contributed by atoms with Gasteiger partial charge in [0, 0.05) is 17.0 Å². The minimum atomic E-state index is -0.0683. The lowest BCUT2D eigenvalue weighted by Crippen LogP contribution is -2.10. The van der Waals surface area contributed by atoms with E-state index in [0.717, 1.165) is 18.5 Å². The Morgan fingerprint density at radius 1 is 1.32 bits per heavy atom. The molecule has 1 heterocycles. The number of aromatic amines is 1. The van der Waals surface area contributed by atoms with Gasteiger partial charge in [-0.3, -0.25) is 4.79 Å². The number of H-pyrrole nitrogens is 1. The SMILES string of the molecule is CCCc1cc(=O)[nH]c(S[C@H](C)c2ccccc2)n1. The summed E-state index contributed by atoms with van der Waals surface area (Å²) in [7, 11) is 0. The molecule has 0 saturated heterocycles. The van der Waals surface area contributed by atoms with Gasteiger partial charge in [0.1, 0.15) is 0 Å². The first-order valence-electron chi connectivity index (χ1n) is 6.51. The number of rotatable bonds is 5. The van der Waals surface area contributed by atoms with E-state index in [0.29, 0.717) is 5.16 Å². The van der Waals surface area contributed by atoms with Crippen molar-refractivity contribution in [3.8, 4) is 0 Å². The van der Waals surface area contributed by atoms with E-state index >= 15 is 0 Å². The first-order valence-corrected chi connectivity index (χ1v) is 7.39. The highest BCUT2D eigenvalue weighted by molar-refractivity contribution is 7.99. The molecule has 1 N–H and O–H groups in total. The van der Waals surface area contributed by atoms with Crippen LogP contribution in [0.2, 0.25) is 0 Å². The van der Waals surface area contributed by atoms with Crippen molar-refractivity contribution in [3.63, 3.8) is 0 Å². The highest BCUT2D eigenvalue weighted by Crippen LogP contribution is 2.31. The second-order valence-electron chi connectivity index (χ2n) is 4.46. The average Bonchev–Trinajstić information content (AvgIpc) is 2.39. The van der Waals surface area contributed by atoms with Gasteiger partial charge < -0.3 is 4.98 Å². The van der Waals surface area contributed by atoms with Crippen LogP contribution < -0.4 is 5.56 Å². The summed E-state index contributed by atoms with van der Waals surface area (Å²) in [5.74, 6) is 0. The molecule has 1 aromatic carbocycles. The molecule has 2 aromatic rings. The zero-order valence-electron chi connectivity index (χ0n) is 11.2. The van der Waals surface area contributed by atoms with Gasteiger partial charge in [0.2, 0.25) is 0 Å². The number of nitrogens with one attached hydrogen (secondary N) is 1. The Labute approximate surface area is 117 Å². The normalized spacial score (nSPS) is 12.3. The van der Waals surface area contributed by atoms with Gasteiger partial charge in [-0.05, 0) is 18.9 Å². The van der Waals surface area contributed by atoms with Gasteiger partial charge in [0.15, 0.2) is 5.16 Å². The molecule has 0 aliphatic heterocycles. The number of benzene rings is 1. The van der Waals surface area contributed by atoms with E-state index in [4.69, 9.17) is 0 Å². The minimum absolute atomic E-state index is 0.0683. The average molecular weight is 274 g/mol. The molecule has 1 atom stereocenters. The fourth-order valence-corrected chi connectivity index (χ4v) is 2.84. The highest BCUT2D eigenvalue weighted by Gasteiger charge is 2.09. The third-order valence-corrected chi connectivity index (χ3v) is 3.88. The lowest BCUT2D eigenvalue weighted by atomic mass is 10.2. The monoisotopic (exact) mass is 274 g/mol. The smallest absolute Gasteiger partial charge is 0.251 e. The molecule has 0 unspecified atom stereocenters. The lowest BCUT2D eigenvalue weighted by Gasteiger charge is -2.11. The van der Waals surface area contributed by atoms with Crippen molar-refractivity contribution >= 4 is 11.8 Å². The van der Waals surface area contributed by atoms with Crippen LogP contribution in [-0.2, 0) is 6.42 Å². The molecule has 0 bridgehead atoms. The molecule has 0 amide bonds. The summed E-state index contributed by atoms with van der Waals surface area (Å²) < 4.78 is 0. The summed E-state index contributed by atoms with van der Waals surface area (Å²) >= 11 is 1.58. The summed E-state index contributed by atoms with van der Waals surface area (Å²) in [4.78, 5) is 18.9. The molecule has 0 aliphatic carbocycles. The van der Waals surface area contributed by atoms with Crippen molar-refractivity contribution in [2.75, 3.05) is 0 Å². The molecule has 19 heavy (non-hydrogen) atoms. The lowest BCUT2D eigenvalue weighted by molar-refractivity contribution is 0.813. The van der Waals surface area contributed by atoms with E-state index < -0.39 is 0 Å². The van der Waals surface area contributed by atoms with Crippen molar-refractivity contribution in [3.05, 3.63) is 58.0 Å². The Balaban J connectivity index is 2.17. The topological polar surface area (TPSA) is 45.8 Å². The summed E-state index contributed by atoms with van der Waals surface area (Å²) in [5.41, 5.74) is 2.03. The number of hydrogen-bond donors (Lipinski definition) is 1. The largest absolute Gasteiger partial charge is 0.301 e. The molecule has 0 saturated carbocycles. The molecule has 1 aromatic heterocycles. The molecule has 3 nitrogen and oxygen atoms in total. The molecular formula is C15H18N2OS. The summed E-state index contributed by atoms with van der Waals surface area (Å²) in [6.45, 7) is 4.20. The van der Waals surface area contributed by atoms with Crippen LogP contribution in [0.3, 0.4) is 0 Å². The Kier molecular flexibility index (Phi) is 4.80. The van der Waals surface area contributed by atoms with E-state index in [1.165, 1.54) is 5.56 Å². The van der Waals surface area contributed by atoms with Gasteiger partial charge in [-0.2, -0.15) is 0 Å². The van der Waals surface area contributed by atoms with Crippen LogP contribution >= 0.6 is 11.8 Å². The maximum Gasteiger partial charge on any atom is 0.251 e. The van der Waals surface area contributed by atoms with Crippen LogP contribution in [0, 0.1) is 0 Å². The van der Waals surface area contributed by atoms with Crippen LogP contribution in [0.25, 0.3) is 0 Å². The van der Waals surface area contributed by atoms with Gasteiger partial charge in [0.05, 0.1) is 0 Å². The molecule has 0 radical (unpaired) electrons. The first-order chi connectivity index (χ1) is 9.19. The Bertz CT molecular complexity index is 580. The van der Waals surface area contributed by atoms with E-state index in [1.807, 2.05) is 18.2 Å². The van der Waals surface area contributed by atoms with Crippen molar-refractivity contribution < 1.29 is 0 Å². The van der Waals surface area contributed by atoms with Crippen molar-refractivity contribution in [1.82, 2.24) is 9.97 Å². The number of hydrogen-bond acceptors (Lipinski definition) is 3. The third-order valence-electron chi connectivity index (χ3n) is 2.84. The van der Waals surface area contributed by atoms with Crippen LogP contribution in [0.1, 0.15) is 36.8 Å². The summed E-state index contributed by atoms with van der Waals surface area (Å²) in [6.07, 6.45) is 1.84. The van der Waals surface area contributed by atoms with Crippen LogP contribution in [0.5, 0.6) is 0 Å².